The van der Waals surface area contributed by atoms with Crippen LogP contribution in [0.15, 0.2) is 65.1 Å². The molecule has 6 rings (SSSR count). The van der Waals surface area contributed by atoms with E-state index in [-0.39, 0.29) is 0 Å². The Balaban J connectivity index is 1.58. The molecule has 1 aliphatic rings. The molecule has 1 saturated carbocycles. The third kappa shape index (κ3) is 4.43. The van der Waals surface area contributed by atoms with Crippen molar-refractivity contribution in [1.82, 2.24) is 0 Å². The molecular weight excluding hydrogens is 476 g/mol. The lowest BCUT2D eigenvalue weighted by Crippen LogP contribution is -2.35. The van der Waals surface area contributed by atoms with Crippen molar-refractivity contribution in [3.05, 3.63) is 94.5 Å². The minimum atomic E-state index is 0.459. The van der Waals surface area contributed by atoms with Gasteiger partial charge >= 0.3 is 0 Å². The van der Waals surface area contributed by atoms with E-state index in [4.69, 9.17) is 11.0 Å². The first-order chi connectivity index (χ1) is 18.9. The van der Waals surface area contributed by atoms with Crippen LogP contribution in [-0.2, 0) is 13.5 Å². The maximum Gasteiger partial charge on any atom is 0.216 e. The molecule has 39 heavy (non-hydrogen) atoms. The van der Waals surface area contributed by atoms with Crippen LogP contribution in [0.3, 0.4) is 0 Å². The molecule has 0 spiro atoms. The van der Waals surface area contributed by atoms with Gasteiger partial charge < -0.3 is 4.42 Å². The maximum absolute atomic E-state index is 7.91. The normalized spacial score (nSPS) is 14.1. The molecule has 196 valence electrons. The number of benzene rings is 3. The fourth-order valence-electron chi connectivity index (χ4n) is 6.49. The highest BCUT2D eigenvalue weighted by atomic mass is 16.3. The summed E-state index contributed by atoms with van der Waals surface area (Å²) in [5.41, 5.74) is 11.7. The third-order valence-corrected chi connectivity index (χ3v) is 8.84. The summed E-state index contributed by atoms with van der Waals surface area (Å²) >= 11 is 0. The van der Waals surface area contributed by atoms with Gasteiger partial charge in [-0.2, -0.15) is 4.57 Å². The molecular formula is C36H37N2O+. The molecule has 0 amide bonds. The monoisotopic (exact) mass is 513 g/mol. The summed E-state index contributed by atoms with van der Waals surface area (Å²) in [5, 5.41) is 2.16. The van der Waals surface area contributed by atoms with Crippen LogP contribution in [0.25, 0.3) is 49.2 Å². The summed E-state index contributed by atoms with van der Waals surface area (Å²) in [6.45, 7) is 16.7. The van der Waals surface area contributed by atoms with E-state index in [0.29, 0.717) is 11.6 Å². The van der Waals surface area contributed by atoms with Crippen molar-refractivity contribution in [1.29, 1.82) is 0 Å². The van der Waals surface area contributed by atoms with Crippen molar-refractivity contribution in [2.45, 2.75) is 65.7 Å². The molecule has 2 aromatic heterocycles. The predicted molar refractivity (Wildman–Crippen MR) is 161 cm³/mol. The average Bonchev–Trinajstić information content (AvgIpc) is 3.58. The summed E-state index contributed by atoms with van der Waals surface area (Å²) < 4.78 is 9.13. The van der Waals surface area contributed by atoms with Gasteiger partial charge in [0.2, 0.25) is 5.69 Å². The van der Waals surface area contributed by atoms with Crippen molar-refractivity contribution in [3.63, 3.8) is 0 Å². The first-order valence-corrected chi connectivity index (χ1v) is 14.3. The number of fused-ring (bicyclic) bond motifs is 3. The number of furan rings is 1. The second kappa shape index (κ2) is 10.0. The zero-order valence-electron chi connectivity index (χ0n) is 23.8. The van der Waals surface area contributed by atoms with Gasteiger partial charge in [-0.05, 0) is 47.4 Å². The van der Waals surface area contributed by atoms with E-state index in [1.807, 2.05) is 6.07 Å². The van der Waals surface area contributed by atoms with Crippen LogP contribution in [-0.4, -0.2) is 0 Å². The highest BCUT2D eigenvalue weighted by Crippen LogP contribution is 2.44. The molecule has 0 saturated heterocycles. The highest BCUT2D eigenvalue weighted by Gasteiger charge is 2.25. The Morgan fingerprint density at radius 1 is 0.897 bits per heavy atom. The summed E-state index contributed by atoms with van der Waals surface area (Å²) in [4.78, 5) is 3.89. The molecule has 1 aliphatic carbocycles. The lowest BCUT2D eigenvalue weighted by atomic mass is 9.94. The number of nitrogens with zero attached hydrogens (tertiary/aromatic N) is 2. The van der Waals surface area contributed by atoms with Gasteiger partial charge in [-0.1, -0.05) is 88.1 Å². The number of aryl methyl sites for hydroxylation is 2. The van der Waals surface area contributed by atoms with Gasteiger partial charge in [0.25, 0.3) is 0 Å². The van der Waals surface area contributed by atoms with Crippen LogP contribution in [0.4, 0.5) is 5.69 Å². The standard InChI is InChI=1S/C36H37N2O/c1-22(2)27-12-14-28(15-13-27)34-31(37-5)18-17-30-29-16-11-23(3)33(35(29)39-36(30)34)32-21-26(19-24(4)38(32)6)20-25-9-7-8-10-25/h11-19,21-22,25H,7-10,20H2,1-4,6H3/q+1. The summed E-state index contributed by atoms with van der Waals surface area (Å²) in [5.74, 6) is 1.25. The van der Waals surface area contributed by atoms with Crippen LogP contribution in [0.2, 0.25) is 0 Å². The number of pyridine rings is 1. The lowest BCUT2D eigenvalue weighted by Gasteiger charge is -2.12. The molecule has 0 bridgehead atoms. The van der Waals surface area contributed by atoms with Gasteiger partial charge in [0.05, 0.1) is 12.1 Å². The van der Waals surface area contributed by atoms with Gasteiger partial charge in [-0.15, -0.1) is 0 Å². The van der Waals surface area contributed by atoms with Crippen LogP contribution in [0, 0.1) is 26.3 Å². The van der Waals surface area contributed by atoms with Gasteiger partial charge in [-0.25, -0.2) is 4.85 Å². The van der Waals surface area contributed by atoms with E-state index in [0.717, 1.165) is 51.0 Å². The van der Waals surface area contributed by atoms with E-state index < -0.39 is 0 Å². The van der Waals surface area contributed by atoms with Crippen molar-refractivity contribution in [3.8, 4) is 22.4 Å². The SMILES string of the molecule is [C-]#[N+]c1ccc2c(oc3c(-c4cc(CC5CCCC5)cc(C)[n+]4C)c(C)ccc32)c1-c1ccc(C(C)C)cc1. The summed E-state index contributed by atoms with van der Waals surface area (Å²) in [6, 6.07) is 21.7. The Morgan fingerprint density at radius 3 is 2.23 bits per heavy atom. The van der Waals surface area contributed by atoms with Gasteiger partial charge in [0.1, 0.15) is 18.2 Å². The third-order valence-electron chi connectivity index (χ3n) is 8.84. The Kier molecular flexibility index (Phi) is 6.51. The van der Waals surface area contributed by atoms with Crippen LogP contribution in [0.5, 0.6) is 0 Å². The smallest absolute Gasteiger partial charge is 0.216 e. The minimum absolute atomic E-state index is 0.459. The van der Waals surface area contributed by atoms with E-state index >= 15 is 0 Å². The number of hydrogen-bond acceptors (Lipinski definition) is 1. The van der Waals surface area contributed by atoms with Gasteiger partial charge in [0, 0.05) is 35.4 Å². The van der Waals surface area contributed by atoms with E-state index in [1.54, 1.807) is 0 Å². The van der Waals surface area contributed by atoms with Gasteiger partial charge in [-0.3, -0.25) is 0 Å². The zero-order chi connectivity index (χ0) is 27.3. The molecule has 3 nitrogen and oxygen atoms in total. The van der Waals surface area contributed by atoms with Crippen LogP contribution < -0.4 is 4.57 Å². The second-order valence-corrected chi connectivity index (χ2v) is 11.8. The molecule has 0 radical (unpaired) electrons. The zero-order valence-corrected chi connectivity index (χ0v) is 23.8. The Hall–Kier alpha value is -3.90. The lowest BCUT2D eigenvalue weighted by molar-refractivity contribution is -0.666. The fourth-order valence-corrected chi connectivity index (χ4v) is 6.49. The molecule has 2 heterocycles. The molecule has 0 aliphatic heterocycles. The molecule has 1 fully saturated rings. The molecule has 0 unspecified atom stereocenters. The Bertz CT molecular complexity index is 1740. The van der Waals surface area contributed by atoms with Crippen molar-refractivity contribution in [2.75, 3.05) is 0 Å². The summed E-state index contributed by atoms with van der Waals surface area (Å²) in [6.07, 6.45) is 6.57. The van der Waals surface area contributed by atoms with Crippen molar-refractivity contribution < 1.29 is 8.98 Å². The molecule has 5 aromatic rings. The number of rotatable bonds is 5. The summed E-state index contributed by atoms with van der Waals surface area (Å²) in [7, 11) is 2.16. The van der Waals surface area contributed by atoms with E-state index in [1.165, 1.54) is 53.8 Å². The highest BCUT2D eigenvalue weighted by molar-refractivity contribution is 6.15. The fraction of sp³-hybridized carbons (Fsp3) is 0.333. The number of hydrogen-bond donors (Lipinski definition) is 0. The quantitative estimate of drug-likeness (QED) is 0.169. The Morgan fingerprint density at radius 2 is 1.56 bits per heavy atom. The molecule has 0 atom stereocenters. The first kappa shape index (κ1) is 25.4. The Labute approximate surface area is 231 Å². The topological polar surface area (TPSA) is 21.4 Å². The van der Waals surface area contributed by atoms with Crippen LogP contribution >= 0.6 is 0 Å². The van der Waals surface area contributed by atoms with Gasteiger partial charge in [0.15, 0.2) is 11.4 Å². The predicted octanol–water partition coefficient (Wildman–Crippen LogP) is 9.77. The molecule has 3 heteroatoms. The van der Waals surface area contributed by atoms with E-state index in [2.05, 4.69) is 98.8 Å². The van der Waals surface area contributed by atoms with E-state index in [9.17, 15) is 0 Å². The number of aromatic nitrogens is 1. The first-order valence-electron chi connectivity index (χ1n) is 14.3. The largest absolute Gasteiger partial charge is 0.456 e. The second-order valence-electron chi connectivity index (χ2n) is 11.8. The van der Waals surface area contributed by atoms with Crippen molar-refractivity contribution in [2.24, 2.45) is 13.0 Å². The maximum atomic E-state index is 7.91. The van der Waals surface area contributed by atoms with Crippen LogP contribution in [0.1, 0.15) is 67.8 Å². The minimum Gasteiger partial charge on any atom is -0.456 e. The average molecular weight is 514 g/mol. The van der Waals surface area contributed by atoms with Crippen molar-refractivity contribution >= 4 is 27.6 Å². The molecule has 0 N–H and O–H groups in total. The molecule has 3 aromatic carbocycles.